The van der Waals surface area contributed by atoms with Crippen LogP contribution in [0.3, 0.4) is 0 Å². The number of aromatic nitrogens is 3. The number of rotatable bonds is 4. The number of nitrogens with zero attached hydrogens (tertiary/aromatic N) is 3. The van der Waals surface area contributed by atoms with Gasteiger partial charge in [-0.15, -0.1) is 0 Å². The summed E-state index contributed by atoms with van der Waals surface area (Å²) < 4.78 is 1.89. The second-order valence-corrected chi connectivity index (χ2v) is 4.46. The van der Waals surface area contributed by atoms with Gasteiger partial charge < -0.3 is 5.32 Å². The van der Waals surface area contributed by atoms with Gasteiger partial charge in [-0.1, -0.05) is 23.7 Å². The molecule has 0 saturated carbocycles. The smallest absolute Gasteiger partial charge is 0.146 e. The Labute approximate surface area is 106 Å². The first-order valence-electron chi connectivity index (χ1n) is 5.55. The van der Waals surface area contributed by atoms with Crippen LogP contribution in [0.25, 0.3) is 0 Å². The van der Waals surface area contributed by atoms with Crippen LogP contribution in [-0.4, -0.2) is 14.8 Å². The Morgan fingerprint density at radius 2 is 2.12 bits per heavy atom. The van der Waals surface area contributed by atoms with Crippen LogP contribution in [-0.2, 0) is 6.54 Å². The van der Waals surface area contributed by atoms with Crippen LogP contribution < -0.4 is 5.32 Å². The van der Waals surface area contributed by atoms with Crippen LogP contribution in [0, 0.1) is 0 Å². The minimum Gasteiger partial charge on any atom is -0.377 e. The van der Waals surface area contributed by atoms with E-state index in [4.69, 9.17) is 11.6 Å². The van der Waals surface area contributed by atoms with Gasteiger partial charge in [-0.05, 0) is 26.0 Å². The number of anilines is 1. The average Bonchev–Trinajstić information content (AvgIpc) is 2.76. The SMILES string of the molecule is CC(C)n1ncnc1CNc1ccccc1Cl. The van der Waals surface area contributed by atoms with Crippen LogP contribution in [0.5, 0.6) is 0 Å². The van der Waals surface area contributed by atoms with E-state index in [-0.39, 0.29) is 0 Å². The first-order valence-corrected chi connectivity index (χ1v) is 5.93. The molecular formula is C12H15ClN4. The first-order chi connectivity index (χ1) is 8.18. The van der Waals surface area contributed by atoms with Crippen LogP contribution in [0.2, 0.25) is 5.02 Å². The lowest BCUT2D eigenvalue weighted by atomic mass is 10.3. The van der Waals surface area contributed by atoms with Gasteiger partial charge in [-0.25, -0.2) is 9.67 Å². The third-order valence-corrected chi connectivity index (χ3v) is 2.78. The maximum absolute atomic E-state index is 6.06. The van der Waals surface area contributed by atoms with Crippen molar-refractivity contribution in [1.29, 1.82) is 0 Å². The van der Waals surface area contributed by atoms with Gasteiger partial charge in [0.2, 0.25) is 0 Å². The Balaban J connectivity index is 2.08. The molecule has 0 bridgehead atoms. The summed E-state index contributed by atoms with van der Waals surface area (Å²) >= 11 is 6.06. The topological polar surface area (TPSA) is 42.7 Å². The number of para-hydroxylation sites is 1. The molecule has 0 aliphatic heterocycles. The highest BCUT2D eigenvalue weighted by Crippen LogP contribution is 2.21. The fourth-order valence-electron chi connectivity index (χ4n) is 1.61. The third kappa shape index (κ3) is 2.77. The fourth-order valence-corrected chi connectivity index (χ4v) is 1.81. The minimum absolute atomic E-state index is 0.306. The molecule has 0 atom stereocenters. The van der Waals surface area contributed by atoms with Gasteiger partial charge >= 0.3 is 0 Å². The van der Waals surface area contributed by atoms with Gasteiger partial charge in [0.1, 0.15) is 12.2 Å². The minimum atomic E-state index is 0.306. The van der Waals surface area contributed by atoms with Crippen LogP contribution in [0.15, 0.2) is 30.6 Å². The number of hydrogen-bond donors (Lipinski definition) is 1. The molecule has 0 unspecified atom stereocenters. The van der Waals surface area contributed by atoms with Crippen LogP contribution >= 0.6 is 11.6 Å². The van der Waals surface area contributed by atoms with Gasteiger partial charge in [0.15, 0.2) is 0 Å². The molecule has 0 amide bonds. The van der Waals surface area contributed by atoms with E-state index in [1.165, 1.54) is 0 Å². The average molecular weight is 251 g/mol. The van der Waals surface area contributed by atoms with Gasteiger partial charge in [-0.3, -0.25) is 0 Å². The van der Waals surface area contributed by atoms with Crippen molar-refractivity contribution in [2.24, 2.45) is 0 Å². The summed E-state index contributed by atoms with van der Waals surface area (Å²) in [7, 11) is 0. The molecule has 2 aromatic rings. The number of nitrogens with one attached hydrogen (secondary N) is 1. The Bertz CT molecular complexity index is 493. The predicted octanol–water partition coefficient (Wildman–Crippen LogP) is 3.12. The highest BCUT2D eigenvalue weighted by atomic mass is 35.5. The molecule has 17 heavy (non-hydrogen) atoms. The zero-order valence-electron chi connectivity index (χ0n) is 9.89. The summed E-state index contributed by atoms with van der Waals surface area (Å²) in [4.78, 5) is 4.23. The van der Waals surface area contributed by atoms with Crippen LogP contribution in [0.4, 0.5) is 5.69 Å². The molecule has 0 aliphatic carbocycles. The van der Waals surface area contributed by atoms with Gasteiger partial charge in [0, 0.05) is 6.04 Å². The molecular weight excluding hydrogens is 236 g/mol. The molecule has 0 saturated heterocycles. The second kappa shape index (κ2) is 5.19. The van der Waals surface area contributed by atoms with Crippen molar-refractivity contribution in [3.63, 3.8) is 0 Å². The van der Waals surface area contributed by atoms with E-state index < -0.39 is 0 Å². The van der Waals surface area contributed by atoms with Crippen molar-refractivity contribution in [1.82, 2.24) is 14.8 Å². The maximum Gasteiger partial charge on any atom is 0.146 e. The van der Waals surface area contributed by atoms with E-state index in [0.29, 0.717) is 17.6 Å². The molecule has 2 rings (SSSR count). The molecule has 0 fully saturated rings. The van der Waals surface area contributed by atoms with Gasteiger partial charge in [0.25, 0.3) is 0 Å². The summed E-state index contributed by atoms with van der Waals surface area (Å²) in [5, 5.41) is 8.15. The van der Waals surface area contributed by atoms with Crippen molar-refractivity contribution in [3.8, 4) is 0 Å². The molecule has 1 heterocycles. The summed E-state index contributed by atoms with van der Waals surface area (Å²) in [6.45, 7) is 4.77. The highest BCUT2D eigenvalue weighted by molar-refractivity contribution is 6.33. The monoisotopic (exact) mass is 250 g/mol. The van der Waals surface area contributed by atoms with Crippen LogP contribution in [0.1, 0.15) is 25.7 Å². The number of hydrogen-bond acceptors (Lipinski definition) is 3. The normalized spacial score (nSPS) is 10.8. The third-order valence-electron chi connectivity index (χ3n) is 2.45. The van der Waals surface area contributed by atoms with E-state index in [2.05, 4.69) is 29.2 Å². The quantitative estimate of drug-likeness (QED) is 0.907. The van der Waals surface area contributed by atoms with E-state index in [0.717, 1.165) is 11.5 Å². The number of benzene rings is 1. The zero-order chi connectivity index (χ0) is 12.3. The standard InChI is InChI=1S/C12H15ClN4/c1-9(2)17-12(15-8-16-17)7-14-11-6-4-3-5-10(11)13/h3-6,8-9,14H,7H2,1-2H3. The lowest BCUT2D eigenvalue weighted by Gasteiger charge is -2.11. The lowest BCUT2D eigenvalue weighted by molar-refractivity contribution is 0.509. The molecule has 0 radical (unpaired) electrons. The largest absolute Gasteiger partial charge is 0.377 e. The Morgan fingerprint density at radius 1 is 1.35 bits per heavy atom. The Kier molecular flexibility index (Phi) is 3.64. The maximum atomic E-state index is 6.06. The fraction of sp³-hybridized carbons (Fsp3) is 0.333. The predicted molar refractivity (Wildman–Crippen MR) is 69.2 cm³/mol. The van der Waals surface area contributed by atoms with Crippen molar-refractivity contribution in [2.75, 3.05) is 5.32 Å². The molecule has 1 aromatic carbocycles. The molecule has 4 nitrogen and oxygen atoms in total. The van der Waals surface area contributed by atoms with Crippen molar-refractivity contribution < 1.29 is 0 Å². The van der Waals surface area contributed by atoms with Crippen molar-refractivity contribution >= 4 is 17.3 Å². The number of halogens is 1. The van der Waals surface area contributed by atoms with E-state index in [9.17, 15) is 0 Å². The Hall–Kier alpha value is -1.55. The van der Waals surface area contributed by atoms with Gasteiger partial charge in [-0.2, -0.15) is 5.10 Å². The lowest BCUT2D eigenvalue weighted by Crippen LogP contribution is -2.12. The molecule has 0 spiro atoms. The molecule has 1 aromatic heterocycles. The molecule has 90 valence electrons. The molecule has 5 heteroatoms. The summed E-state index contributed by atoms with van der Waals surface area (Å²) in [5.41, 5.74) is 0.910. The summed E-state index contributed by atoms with van der Waals surface area (Å²) in [6, 6.07) is 7.96. The highest BCUT2D eigenvalue weighted by Gasteiger charge is 2.07. The second-order valence-electron chi connectivity index (χ2n) is 4.05. The summed E-state index contributed by atoms with van der Waals surface area (Å²) in [6.07, 6.45) is 1.57. The van der Waals surface area contributed by atoms with Crippen molar-refractivity contribution in [2.45, 2.75) is 26.4 Å². The van der Waals surface area contributed by atoms with E-state index in [1.54, 1.807) is 6.33 Å². The van der Waals surface area contributed by atoms with E-state index in [1.807, 2.05) is 28.9 Å². The zero-order valence-corrected chi connectivity index (χ0v) is 10.6. The van der Waals surface area contributed by atoms with Gasteiger partial charge in [0.05, 0.1) is 17.3 Å². The molecule has 0 aliphatic rings. The molecule has 1 N–H and O–H groups in total. The van der Waals surface area contributed by atoms with E-state index >= 15 is 0 Å². The first kappa shape index (κ1) is 11.9. The van der Waals surface area contributed by atoms with Crippen molar-refractivity contribution in [3.05, 3.63) is 41.4 Å². The summed E-state index contributed by atoms with van der Waals surface area (Å²) in [5.74, 6) is 0.903. The Morgan fingerprint density at radius 3 is 2.82 bits per heavy atom.